The molecule has 0 aliphatic carbocycles. The molecule has 3 aromatic carbocycles. The van der Waals surface area contributed by atoms with Crippen LogP contribution in [0.3, 0.4) is 0 Å². The minimum absolute atomic E-state index is 0.138. The van der Waals surface area contributed by atoms with E-state index >= 15 is 0 Å². The fourth-order valence-corrected chi connectivity index (χ4v) is 3.87. The summed E-state index contributed by atoms with van der Waals surface area (Å²) < 4.78 is 11.3. The van der Waals surface area contributed by atoms with Crippen LogP contribution in [0.2, 0.25) is 0 Å². The lowest BCUT2D eigenvalue weighted by Gasteiger charge is -2.29. The molecule has 0 radical (unpaired) electrons. The summed E-state index contributed by atoms with van der Waals surface area (Å²) in [5.41, 5.74) is 3.79. The van der Waals surface area contributed by atoms with Crippen LogP contribution in [0, 0.1) is 0 Å². The van der Waals surface area contributed by atoms with Crippen molar-refractivity contribution in [3.05, 3.63) is 89.5 Å². The molecule has 1 N–H and O–H groups in total. The monoisotopic (exact) mass is 430 g/mol. The van der Waals surface area contributed by atoms with Gasteiger partial charge >= 0.3 is 0 Å². The highest BCUT2D eigenvalue weighted by atomic mass is 16.5. The number of nitrogens with one attached hydrogen (secondary N) is 1. The lowest BCUT2D eigenvalue weighted by molar-refractivity contribution is 0.102. The smallest absolute Gasteiger partial charge is 0.255 e. The van der Waals surface area contributed by atoms with Gasteiger partial charge in [0.2, 0.25) is 0 Å². The number of amides is 1. The molecular weight excluding hydrogens is 400 g/mol. The van der Waals surface area contributed by atoms with Gasteiger partial charge in [-0.1, -0.05) is 24.3 Å². The topological polar surface area (TPSA) is 50.8 Å². The van der Waals surface area contributed by atoms with Crippen molar-refractivity contribution in [3.8, 4) is 11.5 Å². The van der Waals surface area contributed by atoms with Crippen molar-refractivity contribution in [2.45, 2.75) is 25.4 Å². The molecule has 1 aliphatic rings. The first kappa shape index (κ1) is 21.9. The Bertz CT molecular complexity index is 1010. The van der Waals surface area contributed by atoms with Crippen LogP contribution < -0.4 is 14.8 Å². The number of likely N-dealkylation sites (tertiary alicyclic amines) is 1. The number of carbonyl (C=O) groups excluding carboxylic acids is 1. The molecule has 4 rings (SSSR count). The van der Waals surface area contributed by atoms with E-state index in [-0.39, 0.29) is 5.91 Å². The third kappa shape index (κ3) is 5.89. The van der Waals surface area contributed by atoms with Crippen LogP contribution >= 0.6 is 0 Å². The third-order valence-electron chi connectivity index (χ3n) is 5.86. The highest BCUT2D eigenvalue weighted by Gasteiger charge is 2.17. The standard InChI is InChI=1S/C27H30N2O3/c1-29-17-15-26(16-18-29)32-25-11-5-21(6-12-25)19-20-3-9-23(10-4-20)28-27(30)22-7-13-24(31-2)14-8-22/h3-14,26H,15-19H2,1-2H3,(H,28,30). The summed E-state index contributed by atoms with van der Waals surface area (Å²) in [5.74, 6) is 1.54. The molecule has 1 aliphatic heterocycles. The fourth-order valence-electron chi connectivity index (χ4n) is 3.87. The van der Waals surface area contributed by atoms with Gasteiger partial charge in [0.05, 0.1) is 7.11 Å². The Morgan fingerprint density at radius 1 is 0.875 bits per heavy atom. The van der Waals surface area contributed by atoms with Crippen LogP contribution in [0.25, 0.3) is 0 Å². The number of methoxy groups -OCH3 is 1. The fraction of sp³-hybridized carbons (Fsp3) is 0.296. The minimum Gasteiger partial charge on any atom is -0.497 e. The van der Waals surface area contributed by atoms with Gasteiger partial charge in [-0.15, -0.1) is 0 Å². The second kappa shape index (κ2) is 10.3. The zero-order valence-electron chi connectivity index (χ0n) is 18.7. The van der Waals surface area contributed by atoms with E-state index in [2.05, 4.69) is 41.5 Å². The first-order valence-corrected chi connectivity index (χ1v) is 11.1. The number of hydrogen-bond acceptors (Lipinski definition) is 4. The summed E-state index contributed by atoms with van der Waals surface area (Å²) in [4.78, 5) is 14.8. The summed E-state index contributed by atoms with van der Waals surface area (Å²) in [6.07, 6.45) is 3.32. The second-order valence-electron chi connectivity index (χ2n) is 8.32. The molecule has 3 aromatic rings. The van der Waals surface area contributed by atoms with Gasteiger partial charge < -0.3 is 19.7 Å². The number of benzene rings is 3. The molecule has 0 spiro atoms. The quantitative estimate of drug-likeness (QED) is 0.572. The van der Waals surface area contributed by atoms with E-state index in [4.69, 9.17) is 9.47 Å². The number of hydrogen-bond donors (Lipinski definition) is 1. The Balaban J connectivity index is 1.29. The van der Waals surface area contributed by atoms with Crippen molar-refractivity contribution in [3.63, 3.8) is 0 Å². The summed E-state index contributed by atoms with van der Waals surface area (Å²) >= 11 is 0. The van der Waals surface area contributed by atoms with E-state index < -0.39 is 0 Å². The SMILES string of the molecule is COc1ccc(C(=O)Nc2ccc(Cc3ccc(OC4CCN(C)CC4)cc3)cc2)cc1. The van der Waals surface area contributed by atoms with E-state index in [1.807, 2.05) is 24.3 Å². The Kier molecular flexibility index (Phi) is 7.07. The third-order valence-corrected chi connectivity index (χ3v) is 5.86. The number of piperidine rings is 1. The van der Waals surface area contributed by atoms with E-state index in [0.29, 0.717) is 11.7 Å². The van der Waals surface area contributed by atoms with Crippen molar-refractivity contribution in [2.24, 2.45) is 0 Å². The highest BCUT2D eigenvalue weighted by molar-refractivity contribution is 6.04. The van der Waals surface area contributed by atoms with E-state index in [9.17, 15) is 4.79 Å². The number of carbonyl (C=O) groups is 1. The van der Waals surface area contributed by atoms with Gasteiger partial charge in [0.25, 0.3) is 5.91 Å². The molecule has 5 nitrogen and oxygen atoms in total. The lowest BCUT2D eigenvalue weighted by atomic mass is 10.0. The Labute approximate surface area is 190 Å². The Morgan fingerprint density at radius 3 is 2.03 bits per heavy atom. The van der Waals surface area contributed by atoms with E-state index in [1.54, 1.807) is 31.4 Å². The van der Waals surface area contributed by atoms with Crippen molar-refractivity contribution < 1.29 is 14.3 Å². The maximum Gasteiger partial charge on any atom is 0.255 e. The van der Waals surface area contributed by atoms with Gasteiger partial charge in [-0.25, -0.2) is 0 Å². The predicted octanol–water partition coefficient (Wildman–Crippen LogP) is 5.01. The van der Waals surface area contributed by atoms with Gasteiger partial charge in [-0.3, -0.25) is 4.79 Å². The van der Waals surface area contributed by atoms with Gasteiger partial charge in [0.1, 0.15) is 17.6 Å². The molecule has 0 bridgehead atoms. The van der Waals surface area contributed by atoms with Crippen molar-refractivity contribution >= 4 is 11.6 Å². The Morgan fingerprint density at radius 2 is 1.44 bits per heavy atom. The van der Waals surface area contributed by atoms with Crippen LogP contribution in [0.1, 0.15) is 34.3 Å². The first-order chi connectivity index (χ1) is 15.6. The minimum atomic E-state index is -0.138. The molecule has 1 amide bonds. The van der Waals surface area contributed by atoms with Gasteiger partial charge in [-0.2, -0.15) is 0 Å². The number of rotatable bonds is 7. The number of nitrogens with zero attached hydrogens (tertiary/aromatic N) is 1. The van der Waals surface area contributed by atoms with Gasteiger partial charge in [0.15, 0.2) is 0 Å². The van der Waals surface area contributed by atoms with Crippen molar-refractivity contribution in [2.75, 3.05) is 32.6 Å². The average Bonchev–Trinajstić information content (AvgIpc) is 2.83. The van der Waals surface area contributed by atoms with Crippen LogP contribution in [-0.4, -0.2) is 44.2 Å². The lowest BCUT2D eigenvalue weighted by Crippen LogP contribution is -2.35. The molecule has 1 heterocycles. The highest BCUT2D eigenvalue weighted by Crippen LogP contribution is 2.21. The molecule has 0 saturated carbocycles. The summed E-state index contributed by atoms with van der Waals surface area (Å²) in [6.45, 7) is 2.19. The second-order valence-corrected chi connectivity index (χ2v) is 8.32. The van der Waals surface area contributed by atoms with E-state index in [1.165, 1.54) is 11.1 Å². The summed E-state index contributed by atoms with van der Waals surface area (Å²) in [5, 5.41) is 2.94. The van der Waals surface area contributed by atoms with Crippen molar-refractivity contribution in [1.82, 2.24) is 4.90 Å². The molecule has 5 heteroatoms. The van der Waals surface area contributed by atoms with Crippen LogP contribution in [0.4, 0.5) is 5.69 Å². The van der Waals surface area contributed by atoms with Crippen LogP contribution in [0.5, 0.6) is 11.5 Å². The van der Waals surface area contributed by atoms with Gasteiger partial charge in [0, 0.05) is 24.3 Å². The van der Waals surface area contributed by atoms with Crippen LogP contribution in [-0.2, 0) is 6.42 Å². The largest absolute Gasteiger partial charge is 0.497 e. The molecular formula is C27H30N2O3. The summed E-state index contributed by atoms with van der Waals surface area (Å²) in [6, 6.07) is 23.4. The molecule has 0 atom stereocenters. The zero-order chi connectivity index (χ0) is 22.3. The maximum atomic E-state index is 12.4. The maximum absolute atomic E-state index is 12.4. The molecule has 166 valence electrons. The predicted molar refractivity (Wildman–Crippen MR) is 128 cm³/mol. The molecule has 0 unspecified atom stereocenters. The number of anilines is 1. The van der Waals surface area contributed by atoms with Crippen LogP contribution in [0.15, 0.2) is 72.8 Å². The first-order valence-electron chi connectivity index (χ1n) is 11.1. The van der Waals surface area contributed by atoms with E-state index in [0.717, 1.165) is 49.5 Å². The summed E-state index contributed by atoms with van der Waals surface area (Å²) in [7, 11) is 3.77. The molecule has 32 heavy (non-hydrogen) atoms. The average molecular weight is 431 g/mol. The normalized spacial score (nSPS) is 14.7. The Hall–Kier alpha value is -3.31. The molecule has 0 aromatic heterocycles. The number of ether oxygens (including phenoxy) is 2. The van der Waals surface area contributed by atoms with Crippen molar-refractivity contribution in [1.29, 1.82) is 0 Å². The van der Waals surface area contributed by atoms with Gasteiger partial charge in [-0.05, 0) is 86.0 Å². The molecule has 1 fully saturated rings. The molecule has 1 saturated heterocycles. The zero-order valence-corrected chi connectivity index (χ0v) is 18.7.